The number of aromatic nitrogens is 4. The SMILES string of the molecule is CN1CCC/C1=N\c1ncnc2c1ncn2C1CCC(CO)O1. The summed E-state index contributed by atoms with van der Waals surface area (Å²) >= 11 is 0. The second kappa shape index (κ2) is 5.86. The molecule has 0 bridgehead atoms. The number of hydrogen-bond donors (Lipinski definition) is 1. The molecule has 0 spiro atoms. The fourth-order valence-corrected chi connectivity index (χ4v) is 3.22. The summed E-state index contributed by atoms with van der Waals surface area (Å²) < 4.78 is 7.73. The van der Waals surface area contributed by atoms with Gasteiger partial charge in [-0.1, -0.05) is 0 Å². The molecule has 8 heteroatoms. The molecule has 0 radical (unpaired) electrons. The Morgan fingerprint density at radius 1 is 1.35 bits per heavy atom. The lowest BCUT2D eigenvalue weighted by Gasteiger charge is -2.14. The highest BCUT2D eigenvalue weighted by atomic mass is 16.5. The molecule has 2 saturated heterocycles. The Balaban J connectivity index is 1.70. The van der Waals surface area contributed by atoms with Crippen LogP contribution in [0.4, 0.5) is 5.82 Å². The normalized spacial score (nSPS) is 26.7. The first kappa shape index (κ1) is 14.5. The van der Waals surface area contributed by atoms with E-state index in [1.165, 1.54) is 6.33 Å². The van der Waals surface area contributed by atoms with Gasteiger partial charge in [-0.25, -0.2) is 19.9 Å². The molecule has 0 saturated carbocycles. The Kier molecular flexibility index (Phi) is 3.70. The van der Waals surface area contributed by atoms with Crippen molar-refractivity contribution in [2.75, 3.05) is 20.2 Å². The van der Waals surface area contributed by atoms with E-state index in [0.717, 1.165) is 43.7 Å². The predicted octanol–water partition coefficient (Wildman–Crippen LogP) is 1.25. The van der Waals surface area contributed by atoms with E-state index in [2.05, 4.69) is 24.8 Å². The lowest BCUT2D eigenvalue weighted by Crippen LogP contribution is -2.18. The third-order valence-electron chi connectivity index (χ3n) is 4.51. The van der Waals surface area contributed by atoms with Crippen LogP contribution in [0.3, 0.4) is 0 Å². The van der Waals surface area contributed by atoms with Crippen molar-refractivity contribution in [2.45, 2.75) is 38.0 Å². The topological polar surface area (TPSA) is 88.7 Å². The van der Waals surface area contributed by atoms with E-state index in [1.807, 2.05) is 11.6 Å². The van der Waals surface area contributed by atoms with E-state index >= 15 is 0 Å². The van der Waals surface area contributed by atoms with Crippen LogP contribution in [0.15, 0.2) is 17.6 Å². The van der Waals surface area contributed by atoms with E-state index in [9.17, 15) is 5.11 Å². The number of hydrogen-bond acceptors (Lipinski definition) is 6. The Bertz CT molecular complexity index is 743. The van der Waals surface area contributed by atoms with Crippen molar-refractivity contribution in [2.24, 2.45) is 4.99 Å². The summed E-state index contributed by atoms with van der Waals surface area (Å²) in [4.78, 5) is 19.9. The van der Waals surface area contributed by atoms with Crippen LogP contribution in [-0.2, 0) is 4.74 Å². The second-order valence-corrected chi connectivity index (χ2v) is 6.05. The van der Waals surface area contributed by atoms with E-state index in [-0.39, 0.29) is 18.9 Å². The molecule has 2 aromatic rings. The predicted molar refractivity (Wildman–Crippen MR) is 84.5 cm³/mol. The Morgan fingerprint density at radius 3 is 3.00 bits per heavy atom. The number of fused-ring (bicyclic) bond motifs is 1. The highest BCUT2D eigenvalue weighted by Gasteiger charge is 2.28. The van der Waals surface area contributed by atoms with Crippen molar-refractivity contribution in [1.82, 2.24) is 24.4 Å². The van der Waals surface area contributed by atoms with Gasteiger partial charge >= 0.3 is 0 Å². The molecule has 4 rings (SSSR count). The molecule has 2 atom stereocenters. The molecule has 2 aliphatic rings. The molecule has 2 aromatic heterocycles. The van der Waals surface area contributed by atoms with Gasteiger partial charge in [0.25, 0.3) is 0 Å². The van der Waals surface area contributed by atoms with Gasteiger partial charge in [-0.15, -0.1) is 0 Å². The van der Waals surface area contributed by atoms with Gasteiger partial charge in [0.15, 0.2) is 17.0 Å². The monoisotopic (exact) mass is 316 g/mol. The van der Waals surface area contributed by atoms with E-state index < -0.39 is 0 Å². The molecule has 2 aliphatic heterocycles. The first-order chi connectivity index (χ1) is 11.3. The zero-order chi connectivity index (χ0) is 15.8. The second-order valence-electron chi connectivity index (χ2n) is 6.05. The number of amidine groups is 1. The molecule has 1 N–H and O–H groups in total. The number of aliphatic hydroxyl groups excluding tert-OH is 1. The molecule has 0 aliphatic carbocycles. The first-order valence-corrected chi connectivity index (χ1v) is 7.99. The van der Waals surface area contributed by atoms with Crippen LogP contribution in [0, 0.1) is 0 Å². The fraction of sp³-hybridized carbons (Fsp3) is 0.600. The van der Waals surface area contributed by atoms with Crippen molar-refractivity contribution < 1.29 is 9.84 Å². The number of likely N-dealkylation sites (tertiary alicyclic amines) is 1. The van der Waals surface area contributed by atoms with E-state index in [4.69, 9.17) is 4.74 Å². The van der Waals surface area contributed by atoms with Gasteiger partial charge < -0.3 is 14.7 Å². The minimum absolute atomic E-state index is 0.0450. The smallest absolute Gasteiger partial charge is 0.185 e. The lowest BCUT2D eigenvalue weighted by atomic mass is 10.2. The minimum Gasteiger partial charge on any atom is -0.394 e. The summed E-state index contributed by atoms with van der Waals surface area (Å²) in [6, 6.07) is 0. The summed E-state index contributed by atoms with van der Waals surface area (Å²) in [5.41, 5.74) is 1.42. The molecule has 122 valence electrons. The van der Waals surface area contributed by atoms with Crippen molar-refractivity contribution in [3.05, 3.63) is 12.7 Å². The number of aliphatic imine (C=N–C) groups is 1. The third kappa shape index (κ3) is 2.57. The van der Waals surface area contributed by atoms with Crippen molar-refractivity contribution >= 4 is 22.8 Å². The Morgan fingerprint density at radius 2 is 2.26 bits per heavy atom. The number of aliphatic hydroxyl groups is 1. The molecule has 2 unspecified atom stereocenters. The van der Waals surface area contributed by atoms with Crippen LogP contribution >= 0.6 is 0 Å². The zero-order valence-corrected chi connectivity index (χ0v) is 13.1. The average molecular weight is 316 g/mol. The van der Waals surface area contributed by atoms with Crippen molar-refractivity contribution in [3.8, 4) is 0 Å². The van der Waals surface area contributed by atoms with Gasteiger partial charge in [-0.2, -0.15) is 0 Å². The molecule has 0 amide bonds. The maximum atomic E-state index is 9.22. The highest BCUT2D eigenvalue weighted by molar-refractivity contribution is 5.90. The lowest BCUT2D eigenvalue weighted by molar-refractivity contribution is -0.0207. The molecule has 8 nitrogen and oxygen atoms in total. The first-order valence-electron chi connectivity index (χ1n) is 7.99. The van der Waals surface area contributed by atoms with Gasteiger partial charge in [0, 0.05) is 20.0 Å². The van der Waals surface area contributed by atoms with Gasteiger partial charge in [0.05, 0.1) is 19.0 Å². The van der Waals surface area contributed by atoms with Crippen LogP contribution in [0.5, 0.6) is 0 Å². The number of imidazole rings is 1. The minimum atomic E-state index is -0.137. The molecule has 4 heterocycles. The maximum absolute atomic E-state index is 9.22. The highest BCUT2D eigenvalue weighted by Crippen LogP contribution is 2.31. The van der Waals surface area contributed by atoms with Crippen LogP contribution in [-0.4, -0.2) is 61.7 Å². The number of ether oxygens (including phenoxy) is 1. The van der Waals surface area contributed by atoms with Gasteiger partial charge in [0.1, 0.15) is 18.4 Å². The van der Waals surface area contributed by atoms with Gasteiger partial charge in [0.2, 0.25) is 0 Å². The summed E-state index contributed by atoms with van der Waals surface area (Å²) in [7, 11) is 2.05. The summed E-state index contributed by atoms with van der Waals surface area (Å²) in [6.07, 6.45) is 6.77. The quantitative estimate of drug-likeness (QED) is 0.917. The molecular weight excluding hydrogens is 296 g/mol. The number of rotatable bonds is 3. The summed E-state index contributed by atoms with van der Waals surface area (Å²) in [5, 5.41) is 9.22. The summed E-state index contributed by atoms with van der Waals surface area (Å²) in [5.74, 6) is 1.64. The summed E-state index contributed by atoms with van der Waals surface area (Å²) in [6.45, 7) is 1.07. The third-order valence-corrected chi connectivity index (χ3v) is 4.51. The van der Waals surface area contributed by atoms with Crippen LogP contribution in [0.1, 0.15) is 31.9 Å². The number of nitrogens with zero attached hydrogens (tertiary/aromatic N) is 6. The Labute approximate surface area is 133 Å². The molecule has 2 fully saturated rings. The molecule has 0 aromatic carbocycles. The standard InChI is InChI=1S/C15H20N6O2/c1-20-6-2-3-11(20)19-14-13-15(17-8-16-14)21(9-18-13)12-5-4-10(7-22)23-12/h8-10,12,22H,2-7H2,1H3/b19-11+. The fourth-order valence-electron chi connectivity index (χ4n) is 3.22. The van der Waals surface area contributed by atoms with E-state index in [1.54, 1.807) is 6.33 Å². The van der Waals surface area contributed by atoms with Crippen molar-refractivity contribution in [3.63, 3.8) is 0 Å². The molecule has 23 heavy (non-hydrogen) atoms. The van der Waals surface area contributed by atoms with Crippen LogP contribution in [0.25, 0.3) is 11.2 Å². The van der Waals surface area contributed by atoms with Gasteiger partial charge in [-0.05, 0) is 19.3 Å². The van der Waals surface area contributed by atoms with Crippen molar-refractivity contribution in [1.29, 1.82) is 0 Å². The zero-order valence-electron chi connectivity index (χ0n) is 13.1. The van der Waals surface area contributed by atoms with Crippen LogP contribution in [0.2, 0.25) is 0 Å². The maximum Gasteiger partial charge on any atom is 0.185 e. The Hall–Kier alpha value is -2.06. The van der Waals surface area contributed by atoms with Gasteiger partial charge in [-0.3, -0.25) is 4.57 Å². The largest absolute Gasteiger partial charge is 0.394 e. The average Bonchev–Trinajstić information content (AvgIpc) is 3.27. The van der Waals surface area contributed by atoms with E-state index in [0.29, 0.717) is 11.3 Å². The molecular formula is C15H20N6O2. The van der Waals surface area contributed by atoms with Crippen LogP contribution < -0.4 is 0 Å².